The molecule has 0 bridgehead atoms. The topological polar surface area (TPSA) is 0 Å². The minimum Gasteiger partial charge on any atom is -0.0991 e. The lowest BCUT2D eigenvalue weighted by molar-refractivity contribution is 0.566. The largest absolute Gasteiger partial charge is 0.0991 e. The van der Waals surface area contributed by atoms with Gasteiger partial charge >= 0.3 is 0 Å². The van der Waals surface area contributed by atoms with E-state index in [-0.39, 0.29) is 0 Å². The average molecular weight is 234 g/mol. The van der Waals surface area contributed by atoms with Gasteiger partial charge in [0.2, 0.25) is 0 Å². The van der Waals surface area contributed by atoms with Gasteiger partial charge in [-0.1, -0.05) is 95.2 Å². The first-order chi connectivity index (χ1) is 8.41. The van der Waals surface area contributed by atoms with E-state index in [1.54, 1.807) is 0 Å². The molecule has 0 aliphatic rings. The van der Waals surface area contributed by atoms with Gasteiger partial charge in [0.25, 0.3) is 0 Å². The van der Waals surface area contributed by atoms with Gasteiger partial charge in [-0.3, -0.25) is 0 Å². The van der Waals surface area contributed by atoms with Crippen molar-refractivity contribution in [3.05, 3.63) is 37.0 Å². The highest BCUT2D eigenvalue weighted by Gasteiger charge is 1.90. The van der Waals surface area contributed by atoms with E-state index in [0.717, 1.165) is 0 Å². The quantitative estimate of drug-likeness (QED) is 0.278. The molecule has 17 heavy (non-hydrogen) atoms. The fraction of sp³-hybridized carbons (Fsp3) is 0.647. The summed E-state index contributed by atoms with van der Waals surface area (Å²) in [5, 5.41) is 0. The third kappa shape index (κ3) is 15.2. The highest BCUT2D eigenvalue weighted by Crippen LogP contribution is 2.10. The van der Waals surface area contributed by atoms with E-state index in [2.05, 4.69) is 25.7 Å². The Balaban J connectivity index is 3.05. The van der Waals surface area contributed by atoms with Gasteiger partial charge in [-0.25, -0.2) is 0 Å². The summed E-state index contributed by atoms with van der Waals surface area (Å²) in [6.45, 7) is 5.91. The summed E-state index contributed by atoms with van der Waals surface area (Å²) < 4.78 is 0. The van der Waals surface area contributed by atoms with Gasteiger partial charge in [-0.05, 0) is 12.8 Å². The molecule has 0 nitrogen and oxygen atoms in total. The van der Waals surface area contributed by atoms with Gasteiger partial charge in [-0.15, -0.1) is 0 Å². The van der Waals surface area contributed by atoms with Crippen LogP contribution in [0.1, 0.15) is 71.1 Å². The Morgan fingerprint density at radius 1 is 0.706 bits per heavy atom. The first-order valence-corrected chi connectivity index (χ1v) is 7.36. The first-order valence-electron chi connectivity index (χ1n) is 7.36. The second-order valence-electron chi connectivity index (χ2n) is 4.67. The van der Waals surface area contributed by atoms with Crippen molar-refractivity contribution in [2.45, 2.75) is 71.1 Å². The van der Waals surface area contributed by atoms with Gasteiger partial charge in [-0.2, -0.15) is 0 Å². The summed E-state index contributed by atoms with van der Waals surface area (Å²) in [4.78, 5) is 0. The van der Waals surface area contributed by atoms with Crippen LogP contribution in [0.4, 0.5) is 0 Å². The summed E-state index contributed by atoms with van der Waals surface area (Å²) in [7, 11) is 0. The van der Waals surface area contributed by atoms with Crippen LogP contribution in [0, 0.1) is 0 Å². The normalized spacial score (nSPS) is 11.6. The summed E-state index contributed by atoms with van der Waals surface area (Å²) >= 11 is 0. The van der Waals surface area contributed by atoms with Crippen molar-refractivity contribution in [2.75, 3.05) is 0 Å². The van der Waals surface area contributed by atoms with E-state index in [4.69, 9.17) is 0 Å². The summed E-state index contributed by atoms with van der Waals surface area (Å²) in [5.74, 6) is 0. The van der Waals surface area contributed by atoms with Crippen LogP contribution in [0.2, 0.25) is 0 Å². The molecule has 0 aromatic carbocycles. The minimum absolute atomic E-state index is 1.22. The van der Waals surface area contributed by atoms with Gasteiger partial charge in [0.1, 0.15) is 0 Å². The molecule has 98 valence electrons. The summed E-state index contributed by atoms with van der Waals surface area (Å²) in [6.07, 6.45) is 24.1. The molecule has 0 amide bonds. The smallest absolute Gasteiger partial charge is 0.0348 e. The molecule has 0 aliphatic carbocycles. The Morgan fingerprint density at radius 2 is 1.29 bits per heavy atom. The van der Waals surface area contributed by atoms with Crippen molar-refractivity contribution in [2.24, 2.45) is 0 Å². The Hall–Kier alpha value is -0.780. The van der Waals surface area contributed by atoms with Crippen LogP contribution in [-0.2, 0) is 0 Å². The van der Waals surface area contributed by atoms with Crippen molar-refractivity contribution in [3.63, 3.8) is 0 Å². The Labute approximate surface area is 109 Å². The first kappa shape index (κ1) is 16.2. The highest BCUT2D eigenvalue weighted by molar-refractivity contribution is 5.08. The zero-order chi connectivity index (χ0) is 12.6. The van der Waals surface area contributed by atoms with Crippen LogP contribution < -0.4 is 0 Å². The van der Waals surface area contributed by atoms with Gasteiger partial charge < -0.3 is 0 Å². The third-order valence-corrected chi connectivity index (χ3v) is 2.97. The number of rotatable bonds is 12. The zero-order valence-electron chi connectivity index (χ0n) is 11.7. The van der Waals surface area contributed by atoms with E-state index < -0.39 is 0 Å². The Kier molecular flexibility index (Phi) is 14.5. The zero-order valence-corrected chi connectivity index (χ0v) is 11.7. The molecule has 0 rings (SSSR count). The van der Waals surface area contributed by atoms with Gasteiger partial charge in [0, 0.05) is 0 Å². The van der Waals surface area contributed by atoms with E-state index in [1.807, 2.05) is 18.2 Å². The molecule has 0 saturated heterocycles. The van der Waals surface area contributed by atoms with Crippen molar-refractivity contribution >= 4 is 0 Å². The fourth-order valence-corrected chi connectivity index (χ4v) is 1.89. The van der Waals surface area contributed by atoms with Crippen LogP contribution in [0.3, 0.4) is 0 Å². The summed E-state index contributed by atoms with van der Waals surface area (Å²) in [5.41, 5.74) is 0. The number of hydrogen-bond donors (Lipinski definition) is 0. The average Bonchev–Trinajstić information content (AvgIpc) is 2.35. The molecule has 0 atom stereocenters. The molecule has 0 unspecified atom stereocenters. The number of unbranched alkanes of at least 4 members (excludes halogenated alkanes) is 9. The predicted octanol–water partition coefficient (Wildman–Crippen LogP) is 6.21. The molecule has 0 radical (unpaired) electrons. The third-order valence-electron chi connectivity index (χ3n) is 2.97. The Bertz CT molecular complexity index is 198. The molecule has 0 N–H and O–H groups in total. The fourth-order valence-electron chi connectivity index (χ4n) is 1.89. The monoisotopic (exact) mass is 234 g/mol. The molecular formula is C17H30. The summed E-state index contributed by atoms with van der Waals surface area (Å²) in [6, 6.07) is 0. The van der Waals surface area contributed by atoms with E-state index in [1.165, 1.54) is 64.2 Å². The molecule has 0 aromatic rings. The lowest BCUT2D eigenvalue weighted by atomic mass is 10.1. The number of hydrogen-bond acceptors (Lipinski definition) is 0. The van der Waals surface area contributed by atoms with Crippen molar-refractivity contribution in [1.29, 1.82) is 0 Å². The van der Waals surface area contributed by atoms with Crippen LogP contribution in [0.25, 0.3) is 0 Å². The van der Waals surface area contributed by atoms with E-state index >= 15 is 0 Å². The SMILES string of the molecule is C=C/C=C/C=C/CCCCCCCCCCC. The minimum atomic E-state index is 1.22. The number of allylic oxidation sites excluding steroid dienone is 5. The van der Waals surface area contributed by atoms with Crippen LogP contribution >= 0.6 is 0 Å². The van der Waals surface area contributed by atoms with Gasteiger partial charge in [0.05, 0.1) is 0 Å². The maximum atomic E-state index is 3.63. The second-order valence-corrected chi connectivity index (χ2v) is 4.67. The standard InChI is InChI=1S/C17H30/c1-3-5-7-9-11-13-15-17-16-14-12-10-8-6-4-2/h3,5,7,9,11H,1,4,6,8,10,12-17H2,2H3/b7-5+,11-9+. The molecule has 0 aliphatic heterocycles. The second kappa shape index (κ2) is 15.2. The van der Waals surface area contributed by atoms with Crippen molar-refractivity contribution in [3.8, 4) is 0 Å². The van der Waals surface area contributed by atoms with Crippen LogP contribution in [0.15, 0.2) is 37.0 Å². The molecule has 0 heteroatoms. The predicted molar refractivity (Wildman–Crippen MR) is 80.3 cm³/mol. The van der Waals surface area contributed by atoms with Crippen molar-refractivity contribution in [1.82, 2.24) is 0 Å². The van der Waals surface area contributed by atoms with Crippen LogP contribution in [-0.4, -0.2) is 0 Å². The van der Waals surface area contributed by atoms with Gasteiger partial charge in [0.15, 0.2) is 0 Å². The van der Waals surface area contributed by atoms with Crippen LogP contribution in [0.5, 0.6) is 0 Å². The van der Waals surface area contributed by atoms with E-state index in [9.17, 15) is 0 Å². The molecule has 0 heterocycles. The molecule has 0 spiro atoms. The maximum Gasteiger partial charge on any atom is -0.0348 e. The Morgan fingerprint density at radius 3 is 1.88 bits per heavy atom. The maximum absolute atomic E-state index is 3.63. The molecule has 0 fully saturated rings. The molecule has 0 aromatic heterocycles. The lowest BCUT2D eigenvalue weighted by Gasteiger charge is -2.00. The molecular weight excluding hydrogens is 204 g/mol. The van der Waals surface area contributed by atoms with E-state index in [0.29, 0.717) is 0 Å². The highest BCUT2D eigenvalue weighted by atomic mass is 14.0. The molecule has 0 saturated carbocycles. The van der Waals surface area contributed by atoms with Crippen molar-refractivity contribution < 1.29 is 0 Å². The lowest BCUT2D eigenvalue weighted by Crippen LogP contribution is -1.80.